The topological polar surface area (TPSA) is 162 Å². The van der Waals surface area contributed by atoms with Crippen LogP contribution >= 0.6 is 11.6 Å². The van der Waals surface area contributed by atoms with Gasteiger partial charge in [-0.05, 0) is 99.1 Å². The number of carbonyl (C=O) groups is 5. The molecule has 5 fully saturated rings. The maximum Gasteiger partial charge on any atom is 0.272 e. The van der Waals surface area contributed by atoms with E-state index in [4.69, 9.17) is 22.9 Å². The highest BCUT2D eigenvalue weighted by molar-refractivity contribution is 6.33. The number of amides is 5. The normalized spacial score (nSPS) is 26.8. The number of imide groups is 2. The third-order valence-corrected chi connectivity index (χ3v) is 13.4. The van der Waals surface area contributed by atoms with E-state index in [-0.39, 0.29) is 47.7 Å². The van der Waals surface area contributed by atoms with Gasteiger partial charge in [0.2, 0.25) is 17.5 Å². The monoisotopic (exact) mass is 837 g/mol. The molecule has 0 spiro atoms. The van der Waals surface area contributed by atoms with E-state index in [0.29, 0.717) is 53.0 Å². The Labute approximate surface area is 351 Å². The molecule has 2 aliphatic carbocycles. The number of fused-ring (bicyclic) bond motifs is 2. The van der Waals surface area contributed by atoms with E-state index >= 15 is 4.39 Å². The summed E-state index contributed by atoms with van der Waals surface area (Å²) < 4.78 is 21.6. The van der Waals surface area contributed by atoms with Gasteiger partial charge < -0.3 is 19.9 Å². The lowest BCUT2D eigenvalue weighted by atomic mass is 9.93. The molecule has 312 valence electrons. The van der Waals surface area contributed by atoms with Gasteiger partial charge >= 0.3 is 0 Å². The third-order valence-electron chi connectivity index (χ3n) is 13.1. The first-order chi connectivity index (χ1) is 29.0. The van der Waals surface area contributed by atoms with Crippen molar-refractivity contribution >= 4 is 58.3 Å². The summed E-state index contributed by atoms with van der Waals surface area (Å²) in [7, 11) is 0. The lowest BCUT2D eigenvalue weighted by molar-refractivity contribution is -0.136. The average Bonchev–Trinajstić information content (AvgIpc) is 3.88. The number of rotatable bonds is 9. The Balaban J connectivity index is 0.708. The molecule has 17 heteroatoms. The minimum absolute atomic E-state index is 0.0147. The van der Waals surface area contributed by atoms with Gasteiger partial charge in [0.05, 0.1) is 34.5 Å². The number of hydrogen-bond donors (Lipinski definition) is 2. The summed E-state index contributed by atoms with van der Waals surface area (Å²) in [6.45, 7) is 12.9. The fourth-order valence-electron chi connectivity index (χ4n) is 10.1. The molecule has 9 rings (SSSR count). The first kappa shape index (κ1) is 39.8. The number of ether oxygens (including phenoxy) is 1. The number of nitrogens with zero attached hydrogens (tertiary/aromatic N) is 7. The van der Waals surface area contributed by atoms with Crippen LogP contribution in [0.5, 0.6) is 5.75 Å². The van der Waals surface area contributed by atoms with Crippen LogP contribution in [0.3, 0.4) is 0 Å². The molecule has 2 unspecified atom stereocenters. The van der Waals surface area contributed by atoms with Gasteiger partial charge in [-0.15, -0.1) is 10.2 Å². The SMILES string of the molecule is [C-]#[N+]c1ccc(OC2CCC(NC(=O)c3ccc(N4CCN(CC5C[C@@H]6CN(c7cc8c(cc7F)C(=O)N(C7CCC(=O)NC7=O)C8=O)C[C@@H]6C5)CC4)nn3)CC2)cc1Cl. The summed E-state index contributed by atoms with van der Waals surface area (Å²) in [6.07, 6.45) is 5.28. The molecule has 5 heterocycles. The Bertz CT molecular complexity index is 2260. The molecule has 0 radical (unpaired) electrons. The quantitative estimate of drug-likeness (QED) is 0.229. The van der Waals surface area contributed by atoms with Crippen LogP contribution < -0.4 is 25.2 Å². The molecule has 15 nitrogen and oxygen atoms in total. The van der Waals surface area contributed by atoms with Gasteiger partial charge in [0.25, 0.3) is 17.7 Å². The molecule has 60 heavy (non-hydrogen) atoms. The van der Waals surface area contributed by atoms with Crippen molar-refractivity contribution in [2.75, 3.05) is 55.6 Å². The molecule has 3 aromatic rings. The Morgan fingerprint density at radius 2 is 1.62 bits per heavy atom. The van der Waals surface area contributed by atoms with E-state index in [2.05, 4.69) is 35.5 Å². The summed E-state index contributed by atoms with van der Waals surface area (Å²) in [5.41, 5.74) is 1.02. The Hall–Kier alpha value is -5.66. The van der Waals surface area contributed by atoms with Crippen LogP contribution in [0.15, 0.2) is 42.5 Å². The number of aromatic nitrogens is 2. The maximum absolute atomic E-state index is 15.5. The van der Waals surface area contributed by atoms with Gasteiger partial charge in [-0.1, -0.05) is 17.7 Å². The number of benzene rings is 2. The van der Waals surface area contributed by atoms with Gasteiger partial charge in [-0.3, -0.25) is 39.1 Å². The predicted molar refractivity (Wildman–Crippen MR) is 218 cm³/mol. The second-order valence-corrected chi connectivity index (χ2v) is 17.3. The summed E-state index contributed by atoms with van der Waals surface area (Å²) in [4.78, 5) is 74.5. The van der Waals surface area contributed by atoms with Crippen LogP contribution in [0, 0.1) is 30.1 Å². The van der Waals surface area contributed by atoms with Crippen molar-refractivity contribution in [1.29, 1.82) is 0 Å². The molecule has 4 atom stereocenters. The van der Waals surface area contributed by atoms with Crippen LogP contribution in [-0.4, -0.2) is 114 Å². The fraction of sp³-hybridized carbons (Fsp3) is 0.488. The molecule has 2 aromatic carbocycles. The number of nitrogens with one attached hydrogen (secondary N) is 2. The first-order valence-electron chi connectivity index (χ1n) is 20.8. The average molecular weight is 838 g/mol. The zero-order valence-electron chi connectivity index (χ0n) is 32.9. The van der Waals surface area contributed by atoms with Crippen molar-refractivity contribution in [3.63, 3.8) is 0 Å². The molecule has 1 aromatic heterocycles. The van der Waals surface area contributed by atoms with Crippen molar-refractivity contribution in [2.24, 2.45) is 17.8 Å². The Kier molecular flexibility index (Phi) is 10.9. The van der Waals surface area contributed by atoms with Crippen molar-refractivity contribution in [3.8, 4) is 5.75 Å². The second kappa shape index (κ2) is 16.4. The van der Waals surface area contributed by atoms with Crippen molar-refractivity contribution in [1.82, 2.24) is 30.6 Å². The van der Waals surface area contributed by atoms with Crippen molar-refractivity contribution in [2.45, 2.75) is 69.6 Å². The van der Waals surface area contributed by atoms with Crippen LogP contribution in [-0.2, 0) is 9.59 Å². The molecular formula is C43H45ClFN9O6. The smallest absolute Gasteiger partial charge is 0.272 e. The number of halogens is 2. The summed E-state index contributed by atoms with van der Waals surface area (Å²) >= 11 is 6.15. The molecule has 2 N–H and O–H groups in total. The van der Waals surface area contributed by atoms with E-state index in [1.54, 1.807) is 24.3 Å². The molecule has 2 saturated carbocycles. The van der Waals surface area contributed by atoms with E-state index < -0.39 is 35.5 Å². The first-order valence-corrected chi connectivity index (χ1v) is 21.1. The number of piperidine rings is 1. The molecule has 5 amide bonds. The fourth-order valence-corrected chi connectivity index (χ4v) is 10.3. The second-order valence-electron chi connectivity index (χ2n) is 16.9. The molecular weight excluding hydrogens is 793 g/mol. The zero-order chi connectivity index (χ0) is 41.7. The maximum atomic E-state index is 15.5. The zero-order valence-corrected chi connectivity index (χ0v) is 33.7. The molecule has 4 aliphatic heterocycles. The largest absolute Gasteiger partial charge is 0.490 e. The molecule has 6 aliphatic rings. The molecule has 0 bridgehead atoms. The van der Waals surface area contributed by atoms with Gasteiger partial charge in [0, 0.05) is 58.3 Å². The van der Waals surface area contributed by atoms with E-state index in [1.807, 2.05) is 11.0 Å². The Morgan fingerprint density at radius 3 is 2.27 bits per heavy atom. The summed E-state index contributed by atoms with van der Waals surface area (Å²) in [6, 6.07) is 10.2. The molecule has 3 saturated heterocycles. The van der Waals surface area contributed by atoms with Gasteiger partial charge in [-0.25, -0.2) is 9.24 Å². The lowest BCUT2D eigenvalue weighted by Gasteiger charge is -2.36. The predicted octanol–water partition coefficient (Wildman–Crippen LogP) is 4.63. The highest BCUT2D eigenvalue weighted by Gasteiger charge is 2.47. The highest BCUT2D eigenvalue weighted by atomic mass is 35.5. The van der Waals surface area contributed by atoms with Crippen LogP contribution in [0.4, 0.5) is 21.6 Å². The van der Waals surface area contributed by atoms with E-state index in [1.165, 1.54) is 6.07 Å². The highest BCUT2D eigenvalue weighted by Crippen LogP contribution is 2.44. The van der Waals surface area contributed by atoms with Crippen molar-refractivity contribution < 1.29 is 33.1 Å². The summed E-state index contributed by atoms with van der Waals surface area (Å²) in [5, 5.41) is 14.3. The van der Waals surface area contributed by atoms with Crippen LogP contribution in [0.25, 0.3) is 4.85 Å². The standard InChI is InChI=1S/C43H45ClFN9O6/c1-46-34-7-6-29(18-32(34)44)60-28-4-2-27(3-5-28)47-40(56)35-8-10-38(50-49-35)52-14-12-51(13-15-52)21-24-16-25-22-53(23-26(25)17-24)37-20-31-30(19-33(37)45)42(58)54(43(31)59)36-9-11-39(55)48-41(36)57/h6-8,10,18-20,24-28,36H,2-5,9,11-17,21-23H2,(H,47,56)(H,48,55,57)/t24?,25-,26+,27?,28?,36?. The Morgan fingerprint density at radius 1 is 0.900 bits per heavy atom. The van der Waals surface area contributed by atoms with Crippen LogP contribution in [0.1, 0.15) is 82.6 Å². The van der Waals surface area contributed by atoms with E-state index in [9.17, 15) is 24.0 Å². The number of carbonyl (C=O) groups excluding carboxylic acids is 5. The van der Waals surface area contributed by atoms with Gasteiger partial charge in [0.1, 0.15) is 17.6 Å². The van der Waals surface area contributed by atoms with E-state index in [0.717, 1.165) is 88.0 Å². The summed E-state index contributed by atoms with van der Waals surface area (Å²) in [5.74, 6) is -0.574. The lowest BCUT2D eigenvalue weighted by Crippen LogP contribution is -2.54. The van der Waals surface area contributed by atoms with Gasteiger partial charge in [-0.2, -0.15) is 0 Å². The number of piperazine rings is 1. The third kappa shape index (κ3) is 7.88. The number of anilines is 2. The van der Waals surface area contributed by atoms with Gasteiger partial charge in [0.15, 0.2) is 11.5 Å². The number of hydrogen-bond acceptors (Lipinski definition) is 11. The minimum atomic E-state index is -1.09. The minimum Gasteiger partial charge on any atom is -0.490 e. The van der Waals surface area contributed by atoms with Crippen LogP contribution in [0.2, 0.25) is 5.02 Å². The van der Waals surface area contributed by atoms with Crippen molar-refractivity contribution in [3.05, 3.63) is 81.5 Å².